The molecule has 4 heteroatoms. The van der Waals surface area contributed by atoms with Crippen molar-refractivity contribution in [3.05, 3.63) is 23.8 Å². The van der Waals surface area contributed by atoms with Crippen molar-refractivity contribution >= 4 is 17.3 Å². The highest BCUT2D eigenvalue weighted by Gasteiger charge is 2.46. The van der Waals surface area contributed by atoms with Gasteiger partial charge in [-0.3, -0.25) is 4.79 Å². The molecule has 3 aliphatic rings. The van der Waals surface area contributed by atoms with E-state index in [2.05, 4.69) is 0 Å². The van der Waals surface area contributed by atoms with E-state index >= 15 is 0 Å². The lowest BCUT2D eigenvalue weighted by atomic mass is 9.87. The summed E-state index contributed by atoms with van der Waals surface area (Å²) in [5, 5.41) is 0. The number of fused-ring (bicyclic) bond motifs is 3. The molecule has 1 amide bonds. The standard InChI is InChI=1S/C16H20N2O2/c17-13-4-1-5-14-11(13)3-2-8-18(14)16(19)12-9-10-6-7-15(12)20-10/h1,4-5,10,12,15H,2-3,6-9,17H2. The third-order valence-corrected chi connectivity index (χ3v) is 4.98. The van der Waals surface area contributed by atoms with E-state index in [1.807, 2.05) is 23.1 Å². The molecule has 2 N–H and O–H groups in total. The lowest BCUT2D eigenvalue weighted by Crippen LogP contribution is -2.42. The first-order chi connectivity index (χ1) is 9.74. The van der Waals surface area contributed by atoms with Gasteiger partial charge in [-0.05, 0) is 49.8 Å². The fourth-order valence-corrected chi connectivity index (χ4v) is 3.98. The van der Waals surface area contributed by atoms with Crippen LogP contribution in [0.3, 0.4) is 0 Å². The summed E-state index contributed by atoms with van der Waals surface area (Å²) in [6, 6.07) is 5.89. The van der Waals surface area contributed by atoms with Gasteiger partial charge in [0, 0.05) is 17.9 Å². The number of rotatable bonds is 1. The van der Waals surface area contributed by atoms with E-state index in [1.165, 1.54) is 0 Å². The minimum Gasteiger partial charge on any atom is -0.398 e. The van der Waals surface area contributed by atoms with Crippen molar-refractivity contribution in [1.82, 2.24) is 0 Å². The van der Waals surface area contributed by atoms with Crippen LogP contribution >= 0.6 is 0 Å². The van der Waals surface area contributed by atoms with E-state index in [-0.39, 0.29) is 17.9 Å². The van der Waals surface area contributed by atoms with E-state index in [0.29, 0.717) is 6.10 Å². The van der Waals surface area contributed by atoms with Gasteiger partial charge in [0.05, 0.1) is 18.1 Å². The number of ether oxygens (including phenoxy) is 1. The molecule has 0 aromatic heterocycles. The number of nitrogens with two attached hydrogens (primary N) is 1. The third-order valence-electron chi connectivity index (χ3n) is 4.98. The molecule has 20 heavy (non-hydrogen) atoms. The quantitative estimate of drug-likeness (QED) is 0.797. The molecule has 106 valence electrons. The second-order valence-electron chi connectivity index (χ2n) is 6.15. The predicted octanol–water partition coefficient (Wildman–Crippen LogP) is 2.12. The van der Waals surface area contributed by atoms with Crippen molar-refractivity contribution < 1.29 is 9.53 Å². The van der Waals surface area contributed by atoms with Crippen LogP contribution in [0.25, 0.3) is 0 Å². The molecule has 3 heterocycles. The Balaban J connectivity index is 1.64. The van der Waals surface area contributed by atoms with Crippen molar-refractivity contribution in [1.29, 1.82) is 0 Å². The summed E-state index contributed by atoms with van der Waals surface area (Å²) >= 11 is 0. The summed E-state index contributed by atoms with van der Waals surface area (Å²) in [4.78, 5) is 14.8. The van der Waals surface area contributed by atoms with Crippen molar-refractivity contribution in [3.8, 4) is 0 Å². The first kappa shape index (κ1) is 12.2. The minimum absolute atomic E-state index is 0.0566. The number of nitrogen functional groups attached to an aromatic ring is 1. The maximum absolute atomic E-state index is 12.9. The Kier molecular flexibility index (Phi) is 2.74. The molecule has 1 aromatic rings. The normalized spacial score (nSPS) is 31.4. The summed E-state index contributed by atoms with van der Waals surface area (Å²) in [5.74, 6) is 0.296. The summed E-state index contributed by atoms with van der Waals surface area (Å²) in [5.41, 5.74) is 9.02. The van der Waals surface area contributed by atoms with Crippen molar-refractivity contribution in [3.63, 3.8) is 0 Å². The maximum Gasteiger partial charge on any atom is 0.232 e. The average molecular weight is 272 g/mol. The molecule has 0 spiro atoms. The van der Waals surface area contributed by atoms with Crippen LogP contribution in [0.2, 0.25) is 0 Å². The van der Waals surface area contributed by atoms with E-state index in [1.54, 1.807) is 0 Å². The monoisotopic (exact) mass is 272 g/mol. The zero-order valence-corrected chi connectivity index (χ0v) is 11.5. The highest BCUT2D eigenvalue weighted by molar-refractivity contribution is 5.97. The molecule has 0 radical (unpaired) electrons. The second-order valence-corrected chi connectivity index (χ2v) is 6.15. The third kappa shape index (κ3) is 1.74. The highest BCUT2D eigenvalue weighted by Crippen LogP contribution is 2.41. The smallest absolute Gasteiger partial charge is 0.232 e. The van der Waals surface area contributed by atoms with E-state index < -0.39 is 0 Å². The van der Waals surface area contributed by atoms with Gasteiger partial charge >= 0.3 is 0 Å². The number of anilines is 2. The molecule has 3 aliphatic heterocycles. The molecule has 0 aliphatic carbocycles. The van der Waals surface area contributed by atoms with Gasteiger partial charge in [-0.2, -0.15) is 0 Å². The van der Waals surface area contributed by atoms with Gasteiger partial charge in [0.25, 0.3) is 0 Å². The topological polar surface area (TPSA) is 55.6 Å². The minimum atomic E-state index is 0.0566. The number of benzene rings is 1. The molecular weight excluding hydrogens is 252 g/mol. The molecule has 4 rings (SSSR count). The van der Waals surface area contributed by atoms with E-state index in [4.69, 9.17) is 10.5 Å². The van der Waals surface area contributed by atoms with Crippen LogP contribution in [-0.4, -0.2) is 24.7 Å². The average Bonchev–Trinajstić information content (AvgIpc) is 3.09. The molecule has 2 bridgehead atoms. The number of hydrogen-bond donors (Lipinski definition) is 1. The lowest BCUT2D eigenvalue weighted by Gasteiger charge is -2.33. The van der Waals surface area contributed by atoms with Crippen LogP contribution in [0.4, 0.5) is 11.4 Å². The Bertz CT molecular complexity index is 557. The van der Waals surface area contributed by atoms with Gasteiger partial charge in [-0.15, -0.1) is 0 Å². The van der Waals surface area contributed by atoms with Crippen LogP contribution in [0.1, 0.15) is 31.2 Å². The molecule has 3 unspecified atom stereocenters. The molecule has 2 saturated heterocycles. The fourth-order valence-electron chi connectivity index (χ4n) is 3.98. The summed E-state index contributed by atoms with van der Waals surface area (Å²) in [7, 11) is 0. The largest absolute Gasteiger partial charge is 0.398 e. The molecule has 1 aromatic carbocycles. The number of carbonyl (C=O) groups is 1. The first-order valence-electron chi connectivity index (χ1n) is 7.58. The Hall–Kier alpha value is -1.55. The maximum atomic E-state index is 12.9. The van der Waals surface area contributed by atoms with Crippen molar-refractivity contribution in [2.24, 2.45) is 5.92 Å². The predicted molar refractivity (Wildman–Crippen MR) is 77.5 cm³/mol. The Morgan fingerprint density at radius 3 is 3.00 bits per heavy atom. The zero-order valence-electron chi connectivity index (χ0n) is 11.5. The number of hydrogen-bond acceptors (Lipinski definition) is 3. The highest BCUT2D eigenvalue weighted by atomic mass is 16.5. The van der Waals surface area contributed by atoms with Crippen molar-refractivity contribution in [2.45, 2.75) is 44.3 Å². The fraction of sp³-hybridized carbons (Fsp3) is 0.562. The molecule has 4 nitrogen and oxygen atoms in total. The Morgan fingerprint density at radius 1 is 1.35 bits per heavy atom. The van der Waals surface area contributed by atoms with Crippen molar-refractivity contribution in [2.75, 3.05) is 17.2 Å². The summed E-state index contributed by atoms with van der Waals surface area (Å²) in [6.45, 7) is 0.809. The summed E-state index contributed by atoms with van der Waals surface area (Å²) in [6.07, 6.45) is 5.50. The Labute approximate surface area is 118 Å². The van der Waals surface area contributed by atoms with Crippen LogP contribution in [0.15, 0.2) is 18.2 Å². The molecule has 0 saturated carbocycles. The van der Waals surface area contributed by atoms with Gasteiger partial charge in [0.2, 0.25) is 5.91 Å². The van der Waals surface area contributed by atoms with Gasteiger partial charge in [0.15, 0.2) is 0 Å². The van der Waals surface area contributed by atoms with Gasteiger partial charge in [-0.25, -0.2) is 0 Å². The SMILES string of the molecule is Nc1cccc2c1CCCN2C(=O)C1CC2CCC1O2. The van der Waals surface area contributed by atoms with Gasteiger partial charge < -0.3 is 15.4 Å². The van der Waals surface area contributed by atoms with Crippen LogP contribution in [-0.2, 0) is 16.0 Å². The van der Waals surface area contributed by atoms with Gasteiger partial charge in [0.1, 0.15) is 0 Å². The number of amides is 1. The Morgan fingerprint density at radius 2 is 2.25 bits per heavy atom. The first-order valence-corrected chi connectivity index (χ1v) is 7.58. The van der Waals surface area contributed by atoms with Crippen LogP contribution in [0, 0.1) is 5.92 Å². The van der Waals surface area contributed by atoms with Crippen LogP contribution < -0.4 is 10.6 Å². The molecular formula is C16H20N2O2. The molecule has 3 atom stereocenters. The number of carbonyl (C=O) groups excluding carboxylic acids is 1. The number of nitrogens with zero attached hydrogens (tertiary/aromatic N) is 1. The molecule has 2 fully saturated rings. The zero-order chi connectivity index (χ0) is 13.7. The lowest BCUT2D eigenvalue weighted by molar-refractivity contribution is -0.124. The second kappa shape index (κ2) is 4.48. The van der Waals surface area contributed by atoms with Crippen LogP contribution in [0.5, 0.6) is 0 Å². The van der Waals surface area contributed by atoms with Gasteiger partial charge in [-0.1, -0.05) is 6.07 Å². The summed E-state index contributed by atoms with van der Waals surface area (Å²) < 4.78 is 5.84. The van der Waals surface area contributed by atoms with E-state index in [0.717, 1.165) is 55.6 Å². The van der Waals surface area contributed by atoms with E-state index in [9.17, 15) is 4.79 Å².